The van der Waals surface area contributed by atoms with Gasteiger partial charge in [0.2, 0.25) is 5.89 Å². The molecule has 3 rings (SSSR count). The van der Waals surface area contributed by atoms with Crippen LogP contribution in [0.4, 0.5) is 0 Å². The third-order valence-corrected chi connectivity index (χ3v) is 4.77. The summed E-state index contributed by atoms with van der Waals surface area (Å²) >= 11 is 0. The Morgan fingerprint density at radius 1 is 1.20 bits per heavy atom. The zero-order valence-electron chi connectivity index (χ0n) is 12.0. The van der Waals surface area contributed by atoms with Crippen molar-refractivity contribution < 1.29 is 14.1 Å². The number of methoxy groups -OCH3 is 1. The highest BCUT2D eigenvalue weighted by Crippen LogP contribution is 2.39. The number of ether oxygens (including phenoxy) is 1. The molecule has 5 heteroatoms. The van der Waals surface area contributed by atoms with Crippen molar-refractivity contribution in [1.82, 2.24) is 10.1 Å². The summed E-state index contributed by atoms with van der Waals surface area (Å²) in [7, 11) is 1.43. The van der Waals surface area contributed by atoms with Crippen LogP contribution < -0.4 is 0 Å². The maximum Gasteiger partial charge on any atom is 0.318 e. The van der Waals surface area contributed by atoms with E-state index in [2.05, 4.69) is 10.1 Å². The molecule has 20 heavy (non-hydrogen) atoms. The predicted molar refractivity (Wildman–Crippen MR) is 72.2 cm³/mol. The summed E-state index contributed by atoms with van der Waals surface area (Å²) in [6, 6.07) is 0. The highest BCUT2D eigenvalue weighted by atomic mass is 16.5. The van der Waals surface area contributed by atoms with Crippen LogP contribution in [-0.2, 0) is 9.53 Å². The second-order valence-corrected chi connectivity index (χ2v) is 6.02. The van der Waals surface area contributed by atoms with Crippen LogP contribution in [0.5, 0.6) is 0 Å². The lowest BCUT2D eigenvalue weighted by Gasteiger charge is -2.16. The minimum absolute atomic E-state index is 0.237. The van der Waals surface area contributed by atoms with E-state index in [1.165, 1.54) is 32.8 Å². The average Bonchev–Trinajstić information content (AvgIpc) is 3.20. The van der Waals surface area contributed by atoms with Crippen LogP contribution in [0.2, 0.25) is 0 Å². The van der Waals surface area contributed by atoms with Crippen molar-refractivity contribution >= 4 is 5.97 Å². The van der Waals surface area contributed by atoms with Crippen LogP contribution in [0.15, 0.2) is 4.52 Å². The fraction of sp³-hybridized carbons (Fsp3) is 0.800. The lowest BCUT2D eigenvalue weighted by Crippen LogP contribution is -2.22. The summed E-state index contributed by atoms with van der Waals surface area (Å²) in [5.41, 5.74) is 0. The van der Waals surface area contributed by atoms with Gasteiger partial charge in [0.25, 0.3) is 0 Å². The Bertz CT molecular complexity index is 459. The van der Waals surface area contributed by atoms with E-state index >= 15 is 0 Å². The molecule has 2 fully saturated rings. The molecule has 1 unspecified atom stereocenters. The molecule has 1 aromatic heterocycles. The maximum atomic E-state index is 12.1. The Kier molecular flexibility index (Phi) is 4.03. The fourth-order valence-corrected chi connectivity index (χ4v) is 3.64. The first kappa shape index (κ1) is 13.6. The molecule has 0 saturated heterocycles. The molecule has 0 aromatic carbocycles. The second kappa shape index (κ2) is 5.94. The van der Waals surface area contributed by atoms with Crippen LogP contribution >= 0.6 is 0 Å². The normalized spacial score (nSPS) is 22.2. The number of esters is 1. The Morgan fingerprint density at radius 2 is 1.85 bits per heavy atom. The highest BCUT2D eigenvalue weighted by molar-refractivity contribution is 5.77. The topological polar surface area (TPSA) is 65.2 Å². The SMILES string of the molecule is COC(=O)C(c1nc(C2CCCC2)no1)C1CCCC1. The number of aromatic nitrogens is 2. The van der Waals surface area contributed by atoms with E-state index in [0.29, 0.717) is 17.7 Å². The van der Waals surface area contributed by atoms with Gasteiger partial charge in [-0.2, -0.15) is 4.98 Å². The number of rotatable bonds is 4. The largest absolute Gasteiger partial charge is 0.468 e. The van der Waals surface area contributed by atoms with Crippen LogP contribution in [0.25, 0.3) is 0 Å². The van der Waals surface area contributed by atoms with Gasteiger partial charge >= 0.3 is 5.97 Å². The van der Waals surface area contributed by atoms with Gasteiger partial charge in [-0.1, -0.05) is 30.8 Å². The lowest BCUT2D eigenvalue weighted by atomic mass is 9.90. The summed E-state index contributed by atoms with van der Waals surface area (Å²) in [5.74, 6) is 1.34. The van der Waals surface area contributed by atoms with Gasteiger partial charge < -0.3 is 9.26 Å². The van der Waals surface area contributed by atoms with Crippen LogP contribution in [-0.4, -0.2) is 23.2 Å². The van der Waals surface area contributed by atoms with Crippen molar-refractivity contribution in [3.05, 3.63) is 11.7 Å². The molecule has 0 amide bonds. The number of hydrogen-bond donors (Lipinski definition) is 0. The first-order chi connectivity index (χ1) is 9.79. The first-order valence-electron chi connectivity index (χ1n) is 7.71. The zero-order valence-corrected chi connectivity index (χ0v) is 12.0. The second-order valence-electron chi connectivity index (χ2n) is 6.02. The first-order valence-corrected chi connectivity index (χ1v) is 7.71. The minimum Gasteiger partial charge on any atom is -0.468 e. The van der Waals surface area contributed by atoms with Gasteiger partial charge in [-0.25, -0.2) is 0 Å². The number of nitrogens with zero attached hydrogens (tertiary/aromatic N) is 2. The van der Waals surface area contributed by atoms with Gasteiger partial charge in [-0.05, 0) is 31.6 Å². The summed E-state index contributed by atoms with van der Waals surface area (Å²) in [6.45, 7) is 0. The van der Waals surface area contributed by atoms with E-state index < -0.39 is 0 Å². The molecular formula is C15H22N2O3. The Labute approximate surface area is 119 Å². The van der Waals surface area contributed by atoms with E-state index in [4.69, 9.17) is 9.26 Å². The van der Waals surface area contributed by atoms with Crippen molar-refractivity contribution in [3.63, 3.8) is 0 Å². The van der Waals surface area contributed by atoms with Crippen molar-refractivity contribution in [2.45, 2.75) is 63.2 Å². The van der Waals surface area contributed by atoms with E-state index in [1.807, 2.05) is 0 Å². The standard InChI is InChI=1S/C15H22N2O3/c1-19-15(18)12(10-6-2-3-7-10)14-16-13(17-20-14)11-8-4-5-9-11/h10-12H,2-9H2,1H3. The van der Waals surface area contributed by atoms with Crippen molar-refractivity contribution in [3.8, 4) is 0 Å². The summed E-state index contributed by atoms with van der Waals surface area (Å²) in [5, 5.41) is 4.11. The Morgan fingerprint density at radius 3 is 2.50 bits per heavy atom. The average molecular weight is 278 g/mol. The van der Waals surface area contributed by atoms with Gasteiger partial charge in [0, 0.05) is 5.92 Å². The van der Waals surface area contributed by atoms with Crippen molar-refractivity contribution in [2.75, 3.05) is 7.11 Å². The Hall–Kier alpha value is -1.39. The highest BCUT2D eigenvalue weighted by Gasteiger charge is 2.37. The molecule has 1 aromatic rings. The Balaban J connectivity index is 1.81. The molecule has 110 valence electrons. The van der Waals surface area contributed by atoms with Gasteiger partial charge in [0.1, 0.15) is 5.92 Å². The molecule has 2 aliphatic rings. The predicted octanol–water partition coefficient (Wildman–Crippen LogP) is 3.17. The smallest absolute Gasteiger partial charge is 0.318 e. The van der Waals surface area contributed by atoms with Gasteiger partial charge in [0.15, 0.2) is 5.82 Å². The third kappa shape index (κ3) is 2.58. The van der Waals surface area contributed by atoms with Crippen LogP contribution in [0.1, 0.15) is 74.9 Å². The monoisotopic (exact) mass is 278 g/mol. The van der Waals surface area contributed by atoms with Gasteiger partial charge in [-0.3, -0.25) is 4.79 Å². The molecule has 0 N–H and O–H groups in total. The van der Waals surface area contributed by atoms with Crippen molar-refractivity contribution in [1.29, 1.82) is 0 Å². The molecule has 5 nitrogen and oxygen atoms in total. The fourth-order valence-electron chi connectivity index (χ4n) is 3.64. The number of carbonyl (C=O) groups is 1. The summed E-state index contributed by atoms with van der Waals surface area (Å²) in [4.78, 5) is 16.6. The van der Waals surface area contributed by atoms with E-state index in [9.17, 15) is 4.79 Å². The summed E-state index contributed by atoms with van der Waals surface area (Å²) < 4.78 is 10.4. The van der Waals surface area contributed by atoms with Crippen molar-refractivity contribution in [2.24, 2.45) is 5.92 Å². The molecule has 0 aliphatic heterocycles. The molecule has 0 spiro atoms. The summed E-state index contributed by atoms with van der Waals surface area (Å²) in [6.07, 6.45) is 9.15. The molecule has 1 heterocycles. The van der Waals surface area contributed by atoms with E-state index in [-0.39, 0.29) is 11.9 Å². The van der Waals surface area contributed by atoms with E-state index in [0.717, 1.165) is 31.5 Å². The van der Waals surface area contributed by atoms with Crippen LogP contribution in [0, 0.1) is 5.92 Å². The van der Waals surface area contributed by atoms with Crippen LogP contribution in [0.3, 0.4) is 0 Å². The van der Waals surface area contributed by atoms with Gasteiger partial charge in [-0.15, -0.1) is 0 Å². The molecule has 0 radical (unpaired) electrons. The lowest BCUT2D eigenvalue weighted by molar-refractivity contribution is -0.144. The molecular weight excluding hydrogens is 256 g/mol. The number of carbonyl (C=O) groups excluding carboxylic acids is 1. The minimum atomic E-state index is -0.370. The van der Waals surface area contributed by atoms with Gasteiger partial charge in [0.05, 0.1) is 7.11 Å². The zero-order chi connectivity index (χ0) is 13.9. The third-order valence-electron chi connectivity index (χ3n) is 4.77. The number of hydrogen-bond acceptors (Lipinski definition) is 5. The molecule has 2 aliphatic carbocycles. The maximum absolute atomic E-state index is 12.1. The molecule has 2 saturated carbocycles. The molecule has 1 atom stereocenters. The van der Waals surface area contributed by atoms with E-state index in [1.54, 1.807) is 0 Å². The quantitative estimate of drug-likeness (QED) is 0.791. The molecule has 0 bridgehead atoms.